The van der Waals surface area contributed by atoms with Crippen molar-refractivity contribution in [2.45, 2.75) is 27.2 Å². The first-order chi connectivity index (χ1) is 7.08. The van der Waals surface area contributed by atoms with Gasteiger partial charge in [-0.25, -0.2) is 0 Å². The molecular formula is C13H16O2. The summed E-state index contributed by atoms with van der Waals surface area (Å²) >= 11 is 0. The van der Waals surface area contributed by atoms with Gasteiger partial charge in [-0.05, 0) is 37.8 Å². The van der Waals surface area contributed by atoms with E-state index in [0.717, 1.165) is 12.0 Å². The molecule has 2 heteroatoms. The Kier molecular flexibility index (Phi) is 2.51. The molecule has 2 rings (SSSR count). The van der Waals surface area contributed by atoms with Gasteiger partial charge in [0.05, 0.1) is 5.92 Å². The van der Waals surface area contributed by atoms with Gasteiger partial charge in [0.1, 0.15) is 5.75 Å². The minimum Gasteiger partial charge on any atom is -0.426 e. The maximum absolute atomic E-state index is 11.6. The van der Waals surface area contributed by atoms with Crippen LogP contribution in [0.4, 0.5) is 0 Å². The van der Waals surface area contributed by atoms with Crippen LogP contribution in [0.15, 0.2) is 18.2 Å². The zero-order valence-corrected chi connectivity index (χ0v) is 9.41. The molecule has 2 nitrogen and oxygen atoms in total. The monoisotopic (exact) mass is 204 g/mol. The molecule has 1 aromatic rings. The van der Waals surface area contributed by atoms with Crippen molar-refractivity contribution < 1.29 is 9.53 Å². The first-order valence-corrected chi connectivity index (χ1v) is 5.37. The fraction of sp³-hybridized carbons (Fsp3) is 0.462. The van der Waals surface area contributed by atoms with Gasteiger partial charge < -0.3 is 4.74 Å². The van der Waals surface area contributed by atoms with E-state index in [9.17, 15) is 4.79 Å². The molecule has 1 saturated carbocycles. The molecule has 0 aliphatic heterocycles. The van der Waals surface area contributed by atoms with Crippen molar-refractivity contribution in [3.63, 3.8) is 0 Å². The average molecular weight is 204 g/mol. The van der Waals surface area contributed by atoms with Crippen molar-refractivity contribution >= 4 is 5.97 Å². The van der Waals surface area contributed by atoms with Crippen LogP contribution in [0, 0.1) is 25.7 Å². The number of ether oxygens (including phenoxy) is 1. The summed E-state index contributed by atoms with van der Waals surface area (Å²) in [7, 11) is 0. The summed E-state index contributed by atoms with van der Waals surface area (Å²) in [6.45, 7) is 6.07. The van der Waals surface area contributed by atoms with Crippen LogP contribution in [0.25, 0.3) is 0 Å². The van der Waals surface area contributed by atoms with E-state index in [4.69, 9.17) is 4.74 Å². The van der Waals surface area contributed by atoms with E-state index >= 15 is 0 Å². The quantitative estimate of drug-likeness (QED) is 0.547. The van der Waals surface area contributed by atoms with E-state index in [-0.39, 0.29) is 11.9 Å². The van der Waals surface area contributed by atoms with Gasteiger partial charge in [-0.1, -0.05) is 24.6 Å². The molecule has 2 atom stereocenters. The summed E-state index contributed by atoms with van der Waals surface area (Å²) in [6.07, 6.45) is 0.976. The maximum atomic E-state index is 11.6. The van der Waals surface area contributed by atoms with Crippen LogP contribution in [0.2, 0.25) is 0 Å². The fourth-order valence-electron chi connectivity index (χ4n) is 1.75. The number of rotatable bonds is 2. The van der Waals surface area contributed by atoms with Gasteiger partial charge >= 0.3 is 5.97 Å². The van der Waals surface area contributed by atoms with Crippen molar-refractivity contribution in [1.29, 1.82) is 0 Å². The molecule has 0 heterocycles. The molecule has 1 aliphatic rings. The zero-order chi connectivity index (χ0) is 11.0. The van der Waals surface area contributed by atoms with Crippen molar-refractivity contribution in [3.05, 3.63) is 29.3 Å². The highest BCUT2D eigenvalue weighted by Gasteiger charge is 2.40. The van der Waals surface area contributed by atoms with Gasteiger partial charge in [0.25, 0.3) is 0 Å². The molecule has 0 radical (unpaired) electrons. The molecule has 80 valence electrons. The predicted octanol–water partition coefficient (Wildman–Crippen LogP) is 2.86. The Morgan fingerprint density at radius 2 is 2.07 bits per heavy atom. The van der Waals surface area contributed by atoms with E-state index in [1.165, 1.54) is 5.56 Å². The van der Waals surface area contributed by atoms with E-state index in [1.54, 1.807) is 0 Å². The van der Waals surface area contributed by atoms with Crippen LogP contribution < -0.4 is 4.74 Å². The summed E-state index contributed by atoms with van der Waals surface area (Å²) in [5.74, 6) is 1.26. The second-order valence-electron chi connectivity index (χ2n) is 4.51. The summed E-state index contributed by atoms with van der Waals surface area (Å²) in [5.41, 5.74) is 2.21. The van der Waals surface area contributed by atoms with Crippen molar-refractivity contribution in [2.24, 2.45) is 11.8 Å². The summed E-state index contributed by atoms with van der Waals surface area (Å²) < 4.78 is 5.36. The average Bonchev–Trinajstić information content (AvgIpc) is 2.88. The van der Waals surface area contributed by atoms with Crippen molar-refractivity contribution in [2.75, 3.05) is 0 Å². The lowest BCUT2D eigenvalue weighted by atomic mass is 10.1. The highest BCUT2D eigenvalue weighted by atomic mass is 16.5. The highest BCUT2D eigenvalue weighted by molar-refractivity contribution is 5.78. The SMILES string of the molecule is Cc1ccc(OC(=O)C2CC2C)c(C)c1. The molecule has 15 heavy (non-hydrogen) atoms. The van der Waals surface area contributed by atoms with Crippen LogP contribution in [-0.4, -0.2) is 5.97 Å². The molecule has 0 spiro atoms. The largest absolute Gasteiger partial charge is 0.426 e. The van der Waals surface area contributed by atoms with Gasteiger partial charge in [0.15, 0.2) is 0 Å². The lowest BCUT2D eigenvalue weighted by molar-refractivity contribution is -0.136. The Labute approximate surface area is 90.3 Å². The summed E-state index contributed by atoms with van der Waals surface area (Å²) in [5, 5.41) is 0. The molecule has 0 N–H and O–H groups in total. The van der Waals surface area contributed by atoms with Gasteiger partial charge in [0.2, 0.25) is 0 Å². The van der Waals surface area contributed by atoms with Gasteiger partial charge in [-0.15, -0.1) is 0 Å². The van der Waals surface area contributed by atoms with Crippen LogP contribution in [0.5, 0.6) is 5.75 Å². The smallest absolute Gasteiger partial charge is 0.314 e. The summed E-state index contributed by atoms with van der Waals surface area (Å²) in [6, 6.07) is 5.86. The molecule has 0 saturated heterocycles. The second kappa shape index (κ2) is 3.69. The minimum atomic E-state index is -0.0746. The van der Waals surface area contributed by atoms with Crippen LogP contribution in [0.1, 0.15) is 24.5 Å². The molecule has 2 unspecified atom stereocenters. The normalized spacial score (nSPS) is 23.7. The lowest BCUT2D eigenvalue weighted by Crippen LogP contribution is -2.11. The lowest BCUT2D eigenvalue weighted by Gasteiger charge is -2.07. The zero-order valence-electron chi connectivity index (χ0n) is 9.41. The fourth-order valence-corrected chi connectivity index (χ4v) is 1.75. The van der Waals surface area contributed by atoms with E-state index < -0.39 is 0 Å². The summed E-state index contributed by atoms with van der Waals surface area (Å²) in [4.78, 5) is 11.6. The van der Waals surface area contributed by atoms with Gasteiger partial charge in [0, 0.05) is 0 Å². The predicted molar refractivity (Wildman–Crippen MR) is 58.8 cm³/mol. The van der Waals surface area contributed by atoms with Crippen molar-refractivity contribution in [1.82, 2.24) is 0 Å². The first-order valence-electron chi connectivity index (χ1n) is 5.37. The number of esters is 1. The van der Waals surface area contributed by atoms with Gasteiger partial charge in [-0.3, -0.25) is 4.79 Å². The Balaban J connectivity index is 2.07. The van der Waals surface area contributed by atoms with Crippen LogP contribution in [0.3, 0.4) is 0 Å². The standard InChI is InChI=1S/C13H16O2/c1-8-4-5-12(10(3)6-8)15-13(14)11-7-9(11)2/h4-6,9,11H,7H2,1-3H3. The molecular weight excluding hydrogens is 188 g/mol. The molecule has 1 aromatic carbocycles. The number of hydrogen-bond donors (Lipinski definition) is 0. The minimum absolute atomic E-state index is 0.0746. The number of carbonyl (C=O) groups is 1. The molecule has 0 bridgehead atoms. The van der Waals surface area contributed by atoms with Crippen molar-refractivity contribution in [3.8, 4) is 5.75 Å². The molecule has 0 amide bonds. The Hall–Kier alpha value is -1.31. The number of aryl methyl sites for hydroxylation is 2. The number of benzene rings is 1. The van der Waals surface area contributed by atoms with Gasteiger partial charge in [-0.2, -0.15) is 0 Å². The Bertz CT molecular complexity index is 396. The second-order valence-corrected chi connectivity index (χ2v) is 4.51. The van der Waals surface area contributed by atoms with Crippen LogP contribution >= 0.6 is 0 Å². The third-order valence-corrected chi connectivity index (χ3v) is 2.95. The van der Waals surface area contributed by atoms with E-state index in [0.29, 0.717) is 11.7 Å². The Morgan fingerprint density at radius 3 is 2.60 bits per heavy atom. The molecule has 0 aromatic heterocycles. The first kappa shape index (κ1) is 10.2. The highest BCUT2D eigenvalue weighted by Crippen LogP contribution is 2.39. The number of carbonyl (C=O) groups excluding carboxylic acids is 1. The van der Waals surface area contributed by atoms with E-state index in [1.807, 2.05) is 32.0 Å². The number of hydrogen-bond acceptors (Lipinski definition) is 2. The molecule has 1 aliphatic carbocycles. The third-order valence-electron chi connectivity index (χ3n) is 2.95. The topological polar surface area (TPSA) is 26.3 Å². The maximum Gasteiger partial charge on any atom is 0.314 e. The van der Waals surface area contributed by atoms with Crippen LogP contribution in [-0.2, 0) is 4.79 Å². The third kappa shape index (κ3) is 2.20. The van der Waals surface area contributed by atoms with E-state index in [2.05, 4.69) is 6.92 Å². The Morgan fingerprint density at radius 1 is 1.40 bits per heavy atom. The molecule has 1 fully saturated rings.